The number of hydrogen-bond donors (Lipinski definition) is 1. The van der Waals surface area contributed by atoms with Gasteiger partial charge in [-0.3, -0.25) is 9.59 Å². The number of carbonyl (C=O) groups is 2. The third kappa shape index (κ3) is 4.48. The van der Waals surface area contributed by atoms with Crippen molar-refractivity contribution in [2.75, 3.05) is 13.1 Å². The highest BCUT2D eigenvalue weighted by Gasteiger charge is 2.29. The predicted octanol–water partition coefficient (Wildman–Crippen LogP) is 3.59. The van der Waals surface area contributed by atoms with Crippen LogP contribution in [-0.4, -0.2) is 44.6 Å². The zero-order valence-electron chi connectivity index (χ0n) is 18.2. The number of amides is 2. The Bertz CT molecular complexity index is 1260. The van der Waals surface area contributed by atoms with Crippen molar-refractivity contribution in [1.29, 1.82) is 0 Å². The summed E-state index contributed by atoms with van der Waals surface area (Å²) in [6, 6.07) is 19.3. The van der Waals surface area contributed by atoms with Crippen LogP contribution in [0.3, 0.4) is 0 Å². The van der Waals surface area contributed by atoms with E-state index in [0.29, 0.717) is 25.2 Å². The highest BCUT2D eigenvalue weighted by Crippen LogP contribution is 2.23. The summed E-state index contributed by atoms with van der Waals surface area (Å²) in [6.07, 6.45) is 6.87. The van der Waals surface area contributed by atoms with E-state index in [1.165, 1.54) is 0 Å². The van der Waals surface area contributed by atoms with Crippen molar-refractivity contribution >= 4 is 22.6 Å². The molecular weight excluding hydrogens is 414 g/mol. The first-order valence-corrected chi connectivity index (χ1v) is 11.2. The van der Waals surface area contributed by atoms with Crippen LogP contribution < -0.4 is 5.32 Å². The van der Waals surface area contributed by atoms with Crippen LogP contribution in [0.5, 0.6) is 0 Å². The maximum Gasteiger partial charge on any atom is 0.254 e. The van der Waals surface area contributed by atoms with Gasteiger partial charge in [0, 0.05) is 43.8 Å². The highest BCUT2D eigenvalue weighted by atomic mass is 16.2. The van der Waals surface area contributed by atoms with Gasteiger partial charge in [-0.2, -0.15) is 5.10 Å². The average Bonchev–Trinajstić information content (AvgIpc) is 3.42. The van der Waals surface area contributed by atoms with Crippen molar-refractivity contribution < 1.29 is 9.59 Å². The number of benzene rings is 2. The Balaban J connectivity index is 1.21. The smallest absolute Gasteiger partial charge is 0.254 e. The third-order valence-corrected chi connectivity index (χ3v) is 6.11. The molecular formula is C26H25N5O2. The summed E-state index contributed by atoms with van der Waals surface area (Å²) in [5.41, 5.74) is 1.61. The number of nitrogens with zero attached hydrogens (tertiary/aromatic N) is 4. The quantitative estimate of drug-likeness (QED) is 0.515. The van der Waals surface area contributed by atoms with E-state index in [9.17, 15) is 9.59 Å². The van der Waals surface area contributed by atoms with Crippen molar-refractivity contribution in [3.05, 3.63) is 90.4 Å². The molecule has 7 nitrogen and oxygen atoms in total. The molecule has 1 aliphatic rings. The first-order chi connectivity index (χ1) is 16.2. The number of nitrogens with one attached hydrogen (secondary N) is 1. The van der Waals surface area contributed by atoms with E-state index in [4.69, 9.17) is 0 Å². The van der Waals surface area contributed by atoms with E-state index in [1.807, 2.05) is 71.8 Å². The molecule has 1 saturated heterocycles. The first kappa shape index (κ1) is 20.9. The number of likely N-dealkylation sites (tertiary alicyclic amines) is 1. The van der Waals surface area contributed by atoms with E-state index < -0.39 is 0 Å². The molecule has 4 aromatic rings. The molecule has 0 bridgehead atoms. The van der Waals surface area contributed by atoms with Crippen molar-refractivity contribution in [1.82, 2.24) is 25.0 Å². The Labute approximate surface area is 192 Å². The molecule has 33 heavy (non-hydrogen) atoms. The van der Waals surface area contributed by atoms with E-state index >= 15 is 0 Å². The number of hydrogen-bond acceptors (Lipinski definition) is 4. The lowest BCUT2D eigenvalue weighted by molar-refractivity contribution is -0.126. The van der Waals surface area contributed by atoms with Crippen LogP contribution >= 0.6 is 0 Å². The molecule has 166 valence electrons. The third-order valence-electron chi connectivity index (χ3n) is 6.11. The van der Waals surface area contributed by atoms with Crippen molar-refractivity contribution in [2.24, 2.45) is 5.92 Å². The summed E-state index contributed by atoms with van der Waals surface area (Å²) in [6.45, 7) is 1.51. The molecule has 0 radical (unpaired) electrons. The number of rotatable bonds is 5. The molecule has 1 N–H and O–H groups in total. The van der Waals surface area contributed by atoms with Gasteiger partial charge in [-0.1, -0.05) is 42.5 Å². The summed E-state index contributed by atoms with van der Waals surface area (Å²) in [4.78, 5) is 32.3. The summed E-state index contributed by atoms with van der Waals surface area (Å²) in [5, 5.41) is 9.17. The Kier molecular flexibility index (Phi) is 5.85. The van der Waals surface area contributed by atoms with Gasteiger partial charge in [-0.15, -0.1) is 0 Å². The first-order valence-electron chi connectivity index (χ1n) is 11.2. The molecule has 2 amide bonds. The van der Waals surface area contributed by atoms with Crippen LogP contribution in [0.4, 0.5) is 0 Å². The molecule has 1 atom stereocenters. The maximum absolute atomic E-state index is 13.3. The number of aromatic nitrogens is 3. The average molecular weight is 440 g/mol. The van der Waals surface area contributed by atoms with E-state index in [1.54, 1.807) is 17.1 Å². The normalized spacial score (nSPS) is 16.0. The van der Waals surface area contributed by atoms with Crippen LogP contribution in [0.25, 0.3) is 16.6 Å². The van der Waals surface area contributed by atoms with Crippen molar-refractivity contribution in [2.45, 2.75) is 19.4 Å². The second kappa shape index (κ2) is 9.24. The zero-order valence-corrected chi connectivity index (χ0v) is 18.2. The Morgan fingerprint density at radius 1 is 1.03 bits per heavy atom. The number of carbonyl (C=O) groups excluding carboxylic acids is 2. The lowest BCUT2D eigenvalue weighted by Gasteiger charge is -2.32. The summed E-state index contributed by atoms with van der Waals surface area (Å²) in [7, 11) is 0. The van der Waals surface area contributed by atoms with Gasteiger partial charge in [0.15, 0.2) is 5.82 Å². The molecule has 1 aliphatic heterocycles. The van der Waals surface area contributed by atoms with Gasteiger partial charge in [0.25, 0.3) is 5.91 Å². The molecule has 0 spiro atoms. The molecule has 0 unspecified atom stereocenters. The minimum absolute atomic E-state index is 0.0114. The Hall–Kier alpha value is -4.00. The summed E-state index contributed by atoms with van der Waals surface area (Å²) < 4.78 is 1.69. The fourth-order valence-electron chi connectivity index (χ4n) is 4.35. The van der Waals surface area contributed by atoms with Gasteiger partial charge in [0.1, 0.15) is 0 Å². The molecule has 3 heterocycles. The van der Waals surface area contributed by atoms with Crippen LogP contribution in [0.15, 0.2) is 79.3 Å². The van der Waals surface area contributed by atoms with E-state index in [0.717, 1.165) is 35.0 Å². The predicted molar refractivity (Wildman–Crippen MR) is 126 cm³/mol. The second-order valence-electron chi connectivity index (χ2n) is 8.31. The topological polar surface area (TPSA) is 80.1 Å². The van der Waals surface area contributed by atoms with E-state index in [2.05, 4.69) is 15.4 Å². The minimum Gasteiger partial charge on any atom is -0.352 e. The molecule has 0 saturated carbocycles. The molecule has 7 heteroatoms. The van der Waals surface area contributed by atoms with Crippen molar-refractivity contribution in [3.8, 4) is 5.82 Å². The summed E-state index contributed by atoms with van der Waals surface area (Å²) >= 11 is 0. The van der Waals surface area contributed by atoms with Crippen molar-refractivity contribution in [3.63, 3.8) is 0 Å². The fourth-order valence-corrected chi connectivity index (χ4v) is 4.35. The van der Waals surface area contributed by atoms with Gasteiger partial charge in [-0.05, 0) is 47.4 Å². The molecule has 0 aliphatic carbocycles. The number of pyridine rings is 1. The molecule has 2 aromatic heterocycles. The standard InChI is InChI=1S/C26H25N5O2/c32-25(28-17-19-11-12-24(27-16-19)31-15-5-13-29-31)21-8-4-14-30(18-21)26(33)23-10-3-7-20-6-1-2-9-22(20)23/h1-3,5-7,9-13,15-16,21H,4,8,14,17-18H2,(H,28,32)/t21-/m1/s1. The van der Waals surface area contributed by atoms with Crippen LogP contribution in [-0.2, 0) is 11.3 Å². The second-order valence-corrected chi connectivity index (χ2v) is 8.31. The molecule has 5 rings (SSSR count). The van der Waals surface area contributed by atoms with Crippen LogP contribution in [0.1, 0.15) is 28.8 Å². The molecule has 2 aromatic carbocycles. The SMILES string of the molecule is O=C(NCc1ccc(-n2cccn2)nc1)[C@@H]1CCCN(C(=O)c2cccc3ccccc23)C1. The summed E-state index contributed by atoms with van der Waals surface area (Å²) in [5.74, 6) is 0.475. The monoisotopic (exact) mass is 439 g/mol. The van der Waals surface area contributed by atoms with Gasteiger partial charge < -0.3 is 10.2 Å². The maximum atomic E-state index is 13.3. The highest BCUT2D eigenvalue weighted by molar-refractivity contribution is 6.07. The van der Waals surface area contributed by atoms with Gasteiger partial charge in [0.05, 0.1) is 5.92 Å². The van der Waals surface area contributed by atoms with Gasteiger partial charge in [-0.25, -0.2) is 9.67 Å². The fraction of sp³-hybridized carbons (Fsp3) is 0.231. The number of piperidine rings is 1. The Morgan fingerprint density at radius 3 is 2.73 bits per heavy atom. The van der Waals surface area contributed by atoms with Gasteiger partial charge >= 0.3 is 0 Å². The molecule has 1 fully saturated rings. The number of fused-ring (bicyclic) bond motifs is 1. The lowest BCUT2D eigenvalue weighted by atomic mass is 9.95. The largest absolute Gasteiger partial charge is 0.352 e. The van der Waals surface area contributed by atoms with E-state index in [-0.39, 0.29) is 17.7 Å². The Morgan fingerprint density at radius 2 is 1.91 bits per heavy atom. The zero-order chi connectivity index (χ0) is 22.6. The van der Waals surface area contributed by atoms with Gasteiger partial charge in [0.2, 0.25) is 5.91 Å². The lowest BCUT2D eigenvalue weighted by Crippen LogP contribution is -2.45. The minimum atomic E-state index is -0.214. The van der Waals surface area contributed by atoms with Crippen LogP contribution in [0.2, 0.25) is 0 Å². The van der Waals surface area contributed by atoms with Crippen LogP contribution in [0, 0.1) is 5.92 Å².